The third-order valence-electron chi connectivity index (χ3n) is 3.41. The van der Waals surface area contributed by atoms with Crippen molar-refractivity contribution in [2.45, 2.75) is 19.8 Å². The number of fused-ring (bicyclic) bond motifs is 1. The summed E-state index contributed by atoms with van der Waals surface area (Å²) in [6, 6.07) is 5.40. The number of rotatable bonds is 6. The summed E-state index contributed by atoms with van der Waals surface area (Å²) in [6.45, 7) is 2.86. The molecule has 2 rings (SSSR count). The van der Waals surface area contributed by atoms with E-state index >= 15 is 0 Å². The van der Waals surface area contributed by atoms with E-state index in [0.717, 1.165) is 5.56 Å². The summed E-state index contributed by atoms with van der Waals surface area (Å²) >= 11 is 0. The highest BCUT2D eigenvalue weighted by Crippen LogP contribution is 2.30. The number of carbonyl (C=O) groups excluding carboxylic acids is 2. The largest absolute Gasteiger partial charge is 0.497 e. The number of methoxy groups -OCH3 is 1. The fraction of sp³-hybridized carbons (Fsp3) is 0.467. The summed E-state index contributed by atoms with van der Waals surface area (Å²) in [7, 11) is 1.56. The van der Waals surface area contributed by atoms with Crippen molar-refractivity contribution >= 4 is 11.6 Å². The summed E-state index contributed by atoms with van der Waals surface area (Å²) in [5.41, 5.74) is 1.55. The standard InChI is InChI=1S/C15H18O4/c1-3-19-7-6-14(16)13-8-10-4-5-11(18-2)9-12(10)15(13)17/h4-5,9,13H,3,6-8H2,1-2H3. The van der Waals surface area contributed by atoms with Crippen LogP contribution >= 0.6 is 0 Å². The zero-order valence-electron chi connectivity index (χ0n) is 11.3. The Balaban J connectivity index is 2.08. The van der Waals surface area contributed by atoms with Gasteiger partial charge >= 0.3 is 0 Å². The fourth-order valence-corrected chi connectivity index (χ4v) is 2.34. The molecule has 1 unspecified atom stereocenters. The van der Waals surface area contributed by atoms with Crippen LogP contribution < -0.4 is 4.74 Å². The summed E-state index contributed by atoms with van der Waals surface area (Å²) in [4.78, 5) is 24.2. The minimum atomic E-state index is -0.539. The molecule has 0 bridgehead atoms. The molecular formula is C15H18O4. The van der Waals surface area contributed by atoms with Gasteiger partial charge in [0.1, 0.15) is 11.5 Å². The van der Waals surface area contributed by atoms with Gasteiger partial charge in [-0.1, -0.05) is 6.07 Å². The predicted octanol–water partition coefficient (Wildman–Crippen LogP) is 2.05. The molecule has 0 radical (unpaired) electrons. The Morgan fingerprint density at radius 2 is 2.21 bits per heavy atom. The maximum atomic E-state index is 12.2. The minimum absolute atomic E-state index is 0.0337. The zero-order valence-corrected chi connectivity index (χ0v) is 11.3. The van der Waals surface area contributed by atoms with Gasteiger partial charge in [0.15, 0.2) is 5.78 Å². The number of benzene rings is 1. The van der Waals surface area contributed by atoms with Gasteiger partial charge in [0, 0.05) is 18.6 Å². The summed E-state index contributed by atoms with van der Waals surface area (Å²) < 4.78 is 10.3. The minimum Gasteiger partial charge on any atom is -0.497 e. The SMILES string of the molecule is CCOCCC(=O)C1Cc2ccc(OC)cc2C1=O. The van der Waals surface area contributed by atoms with Crippen LogP contribution in [0.1, 0.15) is 29.3 Å². The van der Waals surface area contributed by atoms with E-state index in [-0.39, 0.29) is 11.6 Å². The number of ether oxygens (including phenoxy) is 2. The fourth-order valence-electron chi connectivity index (χ4n) is 2.34. The van der Waals surface area contributed by atoms with Crippen molar-refractivity contribution in [2.24, 2.45) is 5.92 Å². The van der Waals surface area contributed by atoms with Crippen molar-refractivity contribution < 1.29 is 19.1 Å². The van der Waals surface area contributed by atoms with Crippen LogP contribution in [0.5, 0.6) is 5.75 Å². The molecule has 1 aliphatic carbocycles. The maximum absolute atomic E-state index is 12.2. The van der Waals surface area contributed by atoms with Gasteiger partial charge in [-0.15, -0.1) is 0 Å². The highest BCUT2D eigenvalue weighted by molar-refractivity contribution is 6.14. The normalized spacial score (nSPS) is 17.4. The number of Topliss-reactive ketones (excluding diaryl/α,β-unsaturated/α-hetero) is 2. The molecule has 1 aromatic carbocycles. The Morgan fingerprint density at radius 3 is 2.89 bits per heavy atom. The highest BCUT2D eigenvalue weighted by Gasteiger charge is 2.35. The molecule has 1 aliphatic rings. The van der Waals surface area contributed by atoms with Gasteiger partial charge < -0.3 is 9.47 Å². The number of hydrogen-bond acceptors (Lipinski definition) is 4. The molecule has 0 N–H and O–H groups in total. The second-order valence-electron chi connectivity index (χ2n) is 4.56. The molecule has 102 valence electrons. The lowest BCUT2D eigenvalue weighted by atomic mass is 9.98. The second kappa shape index (κ2) is 5.97. The lowest BCUT2D eigenvalue weighted by Crippen LogP contribution is -2.22. The monoisotopic (exact) mass is 262 g/mol. The van der Waals surface area contributed by atoms with E-state index in [1.165, 1.54) is 0 Å². The van der Waals surface area contributed by atoms with Crippen molar-refractivity contribution in [3.63, 3.8) is 0 Å². The first-order valence-corrected chi connectivity index (χ1v) is 6.49. The van der Waals surface area contributed by atoms with Crippen molar-refractivity contribution in [2.75, 3.05) is 20.3 Å². The summed E-state index contributed by atoms with van der Waals surface area (Å²) in [5, 5.41) is 0. The quantitative estimate of drug-likeness (QED) is 0.581. The van der Waals surface area contributed by atoms with Crippen LogP contribution in [0.15, 0.2) is 18.2 Å². The molecule has 4 heteroatoms. The molecular weight excluding hydrogens is 244 g/mol. The average molecular weight is 262 g/mol. The molecule has 0 spiro atoms. The Morgan fingerprint density at radius 1 is 1.42 bits per heavy atom. The van der Waals surface area contributed by atoms with Crippen LogP contribution in [0.4, 0.5) is 0 Å². The average Bonchev–Trinajstić information content (AvgIpc) is 2.76. The molecule has 0 saturated carbocycles. The van der Waals surface area contributed by atoms with E-state index in [0.29, 0.717) is 37.4 Å². The third-order valence-corrected chi connectivity index (χ3v) is 3.41. The van der Waals surface area contributed by atoms with Crippen LogP contribution in [-0.2, 0) is 16.0 Å². The van der Waals surface area contributed by atoms with Crippen molar-refractivity contribution in [3.8, 4) is 5.75 Å². The van der Waals surface area contributed by atoms with E-state index < -0.39 is 5.92 Å². The highest BCUT2D eigenvalue weighted by atomic mass is 16.5. The number of hydrogen-bond donors (Lipinski definition) is 0. The molecule has 0 amide bonds. The van der Waals surface area contributed by atoms with Gasteiger partial charge in [-0.25, -0.2) is 0 Å². The molecule has 1 atom stereocenters. The number of carbonyl (C=O) groups is 2. The molecule has 0 aliphatic heterocycles. The van der Waals surface area contributed by atoms with Gasteiger partial charge in [0.2, 0.25) is 0 Å². The lowest BCUT2D eigenvalue weighted by molar-refractivity contribution is -0.122. The van der Waals surface area contributed by atoms with E-state index in [1.54, 1.807) is 13.2 Å². The zero-order chi connectivity index (χ0) is 13.8. The smallest absolute Gasteiger partial charge is 0.174 e. The van der Waals surface area contributed by atoms with E-state index in [9.17, 15) is 9.59 Å². The molecule has 0 fully saturated rings. The van der Waals surface area contributed by atoms with Gasteiger partial charge in [0.25, 0.3) is 0 Å². The first-order valence-electron chi connectivity index (χ1n) is 6.49. The summed E-state index contributed by atoms with van der Waals surface area (Å²) in [6.07, 6.45) is 0.804. The maximum Gasteiger partial charge on any atom is 0.174 e. The van der Waals surface area contributed by atoms with Gasteiger partial charge in [-0.05, 0) is 31.0 Å². The molecule has 0 saturated heterocycles. The number of ketones is 2. The van der Waals surface area contributed by atoms with E-state index in [1.807, 2.05) is 19.1 Å². The van der Waals surface area contributed by atoms with Crippen LogP contribution in [-0.4, -0.2) is 31.9 Å². The lowest BCUT2D eigenvalue weighted by Gasteiger charge is -2.06. The van der Waals surface area contributed by atoms with Crippen LogP contribution in [0.25, 0.3) is 0 Å². The second-order valence-corrected chi connectivity index (χ2v) is 4.56. The van der Waals surface area contributed by atoms with E-state index in [2.05, 4.69) is 0 Å². The topological polar surface area (TPSA) is 52.6 Å². The summed E-state index contributed by atoms with van der Waals surface area (Å²) in [5.74, 6) is -0.0129. The molecule has 1 aromatic rings. The Kier molecular flexibility index (Phi) is 4.32. The van der Waals surface area contributed by atoms with Crippen molar-refractivity contribution in [1.82, 2.24) is 0 Å². The van der Waals surface area contributed by atoms with Gasteiger partial charge in [-0.3, -0.25) is 9.59 Å². The van der Waals surface area contributed by atoms with Crippen LogP contribution in [0.3, 0.4) is 0 Å². The molecule has 19 heavy (non-hydrogen) atoms. The molecule has 4 nitrogen and oxygen atoms in total. The molecule has 0 heterocycles. The van der Waals surface area contributed by atoms with E-state index in [4.69, 9.17) is 9.47 Å². The van der Waals surface area contributed by atoms with Gasteiger partial charge in [0.05, 0.1) is 19.6 Å². The third kappa shape index (κ3) is 2.84. The van der Waals surface area contributed by atoms with Gasteiger partial charge in [-0.2, -0.15) is 0 Å². The first-order chi connectivity index (χ1) is 9.17. The first kappa shape index (κ1) is 13.7. The van der Waals surface area contributed by atoms with Crippen LogP contribution in [0.2, 0.25) is 0 Å². The molecule has 0 aromatic heterocycles. The van der Waals surface area contributed by atoms with Crippen LogP contribution in [0, 0.1) is 5.92 Å². The Hall–Kier alpha value is -1.68. The predicted molar refractivity (Wildman–Crippen MR) is 70.6 cm³/mol. The van der Waals surface area contributed by atoms with Crippen molar-refractivity contribution in [1.29, 1.82) is 0 Å². The van der Waals surface area contributed by atoms with Crippen molar-refractivity contribution in [3.05, 3.63) is 29.3 Å². The Bertz CT molecular complexity index is 493. The Labute approximate surface area is 112 Å².